The molecule has 7 heteroatoms. The van der Waals surface area contributed by atoms with Crippen molar-refractivity contribution in [1.82, 2.24) is 0 Å². The smallest absolute Gasteiger partial charge is 0.412 e. The summed E-state index contributed by atoms with van der Waals surface area (Å²) in [5.74, 6) is -1.40. The van der Waals surface area contributed by atoms with Gasteiger partial charge in [0.05, 0.1) is 5.56 Å². The number of carbonyl (C=O) groups excluding carboxylic acids is 3. The first-order chi connectivity index (χ1) is 10.1. The number of hydrogen-bond donors (Lipinski definition) is 2. The fourth-order valence-electron chi connectivity index (χ4n) is 1.40. The van der Waals surface area contributed by atoms with Crippen LogP contribution in [0.1, 0.15) is 38.1 Å². The maximum Gasteiger partial charge on any atom is 0.412 e. The zero-order valence-corrected chi connectivity index (χ0v) is 13.0. The summed E-state index contributed by atoms with van der Waals surface area (Å²) >= 11 is 0. The Bertz CT molecular complexity index is 560. The Balaban J connectivity index is 2.65. The van der Waals surface area contributed by atoms with Crippen LogP contribution in [0, 0.1) is 0 Å². The number of primary amides is 1. The van der Waals surface area contributed by atoms with Gasteiger partial charge in [0.1, 0.15) is 5.60 Å². The van der Waals surface area contributed by atoms with Gasteiger partial charge in [-0.3, -0.25) is 10.1 Å². The molecule has 0 bridgehead atoms. The number of carbonyl (C=O) groups is 3. The second-order valence-electron chi connectivity index (χ2n) is 5.65. The standard InChI is InChI=1S/C15H20N2O5/c1-9(12(16)18)21-13(19)10-5-7-11(8-6-10)17-14(20)22-15(2,3)4/h5-9H,1-4H3,(H2,16,18)(H,17,20)/t9-/m1/s1. The Morgan fingerprint density at radius 2 is 1.68 bits per heavy atom. The van der Waals surface area contributed by atoms with Gasteiger partial charge < -0.3 is 15.2 Å². The van der Waals surface area contributed by atoms with E-state index in [1.54, 1.807) is 20.8 Å². The summed E-state index contributed by atoms with van der Waals surface area (Å²) in [4.78, 5) is 34.2. The van der Waals surface area contributed by atoms with Crippen molar-refractivity contribution in [2.45, 2.75) is 39.4 Å². The average Bonchev–Trinajstić information content (AvgIpc) is 2.36. The molecule has 0 aliphatic heterocycles. The molecule has 0 unspecified atom stereocenters. The predicted molar refractivity (Wildman–Crippen MR) is 80.4 cm³/mol. The molecule has 3 N–H and O–H groups in total. The van der Waals surface area contributed by atoms with Gasteiger partial charge in [0.2, 0.25) is 0 Å². The molecular weight excluding hydrogens is 288 g/mol. The lowest BCUT2D eigenvalue weighted by Gasteiger charge is -2.19. The lowest BCUT2D eigenvalue weighted by Crippen LogP contribution is -2.30. The molecule has 0 fully saturated rings. The number of anilines is 1. The minimum Gasteiger partial charge on any atom is -0.449 e. The summed E-state index contributed by atoms with van der Waals surface area (Å²) in [7, 11) is 0. The van der Waals surface area contributed by atoms with Crippen molar-refractivity contribution in [1.29, 1.82) is 0 Å². The van der Waals surface area contributed by atoms with Crippen LogP contribution in [0.25, 0.3) is 0 Å². The normalized spacial score (nSPS) is 12.2. The highest BCUT2D eigenvalue weighted by molar-refractivity contribution is 5.93. The van der Waals surface area contributed by atoms with Crippen molar-refractivity contribution in [3.8, 4) is 0 Å². The fourth-order valence-corrected chi connectivity index (χ4v) is 1.40. The number of esters is 1. The monoisotopic (exact) mass is 308 g/mol. The van der Waals surface area contributed by atoms with Gasteiger partial charge in [-0.05, 0) is 52.0 Å². The molecule has 7 nitrogen and oxygen atoms in total. The molecule has 120 valence electrons. The van der Waals surface area contributed by atoms with E-state index in [-0.39, 0.29) is 5.56 Å². The Labute approximate surface area is 128 Å². The topological polar surface area (TPSA) is 108 Å². The maximum absolute atomic E-state index is 11.7. The first kappa shape index (κ1) is 17.5. The molecule has 0 saturated heterocycles. The average molecular weight is 308 g/mol. The third-order valence-corrected chi connectivity index (χ3v) is 2.45. The van der Waals surface area contributed by atoms with E-state index in [1.165, 1.54) is 31.2 Å². The van der Waals surface area contributed by atoms with Gasteiger partial charge >= 0.3 is 12.1 Å². The third kappa shape index (κ3) is 5.82. The summed E-state index contributed by atoms with van der Waals surface area (Å²) in [5.41, 5.74) is 5.12. The van der Waals surface area contributed by atoms with Crippen LogP contribution < -0.4 is 11.1 Å². The quantitative estimate of drug-likeness (QED) is 0.828. The molecule has 0 aliphatic carbocycles. The SMILES string of the molecule is C[C@@H](OC(=O)c1ccc(NC(=O)OC(C)(C)C)cc1)C(N)=O. The van der Waals surface area contributed by atoms with Crippen molar-refractivity contribution in [2.75, 3.05) is 5.32 Å². The van der Waals surface area contributed by atoms with Crippen LogP contribution in [0.2, 0.25) is 0 Å². The van der Waals surface area contributed by atoms with Gasteiger partial charge in [0, 0.05) is 5.69 Å². The van der Waals surface area contributed by atoms with Crippen LogP contribution in [0.5, 0.6) is 0 Å². The highest BCUT2D eigenvalue weighted by atomic mass is 16.6. The Morgan fingerprint density at radius 3 is 2.14 bits per heavy atom. The Kier molecular flexibility index (Phi) is 5.50. The number of nitrogens with two attached hydrogens (primary N) is 1. The minimum atomic E-state index is -1.01. The fraction of sp³-hybridized carbons (Fsp3) is 0.400. The molecule has 1 aromatic rings. The van der Waals surface area contributed by atoms with Crippen molar-refractivity contribution >= 4 is 23.7 Å². The van der Waals surface area contributed by atoms with E-state index in [0.717, 1.165) is 0 Å². The van der Waals surface area contributed by atoms with E-state index >= 15 is 0 Å². The van der Waals surface area contributed by atoms with E-state index in [9.17, 15) is 14.4 Å². The molecule has 1 rings (SSSR count). The highest BCUT2D eigenvalue weighted by Gasteiger charge is 2.18. The minimum absolute atomic E-state index is 0.239. The van der Waals surface area contributed by atoms with Gasteiger partial charge in [-0.1, -0.05) is 0 Å². The van der Waals surface area contributed by atoms with Crippen LogP contribution in [0.4, 0.5) is 10.5 Å². The lowest BCUT2D eigenvalue weighted by molar-refractivity contribution is -0.125. The van der Waals surface area contributed by atoms with Crippen molar-refractivity contribution in [3.05, 3.63) is 29.8 Å². The van der Waals surface area contributed by atoms with E-state index in [2.05, 4.69) is 5.32 Å². The Hall–Kier alpha value is -2.57. The first-order valence-corrected chi connectivity index (χ1v) is 6.69. The summed E-state index contributed by atoms with van der Waals surface area (Å²) in [6.07, 6.45) is -1.60. The molecule has 1 aromatic carbocycles. The van der Waals surface area contributed by atoms with Crippen LogP contribution >= 0.6 is 0 Å². The molecule has 0 aliphatic rings. The van der Waals surface area contributed by atoms with Crippen molar-refractivity contribution < 1.29 is 23.9 Å². The number of nitrogens with one attached hydrogen (secondary N) is 1. The maximum atomic E-state index is 11.7. The molecule has 2 amide bonds. The summed E-state index contributed by atoms with van der Waals surface area (Å²) in [6.45, 7) is 6.65. The van der Waals surface area contributed by atoms with Crippen molar-refractivity contribution in [2.24, 2.45) is 5.73 Å². The molecule has 0 saturated carbocycles. The van der Waals surface area contributed by atoms with Gasteiger partial charge in [0.15, 0.2) is 6.10 Å². The van der Waals surface area contributed by atoms with Crippen LogP contribution in [0.3, 0.4) is 0 Å². The van der Waals surface area contributed by atoms with E-state index in [0.29, 0.717) is 5.69 Å². The van der Waals surface area contributed by atoms with Gasteiger partial charge in [0.25, 0.3) is 5.91 Å². The number of rotatable bonds is 4. The van der Waals surface area contributed by atoms with Crippen LogP contribution in [-0.4, -0.2) is 29.7 Å². The van der Waals surface area contributed by atoms with Gasteiger partial charge in [-0.25, -0.2) is 9.59 Å². The molecule has 1 atom stereocenters. The number of amides is 2. The predicted octanol–water partition coefficient (Wildman–Crippen LogP) is 2.06. The molecule has 22 heavy (non-hydrogen) atoms. The molecule has 0 radical (unpaired) electrons. The Morgan fingerprint density at radius 1 is 1.14 bits per heavy atom. The van der Waals surface area contributed by atoms with Crippen LogP contribution in [0.15, 0.2) is 24.3 Å². The summed E-state index contributed by atoms with van der Waals surface area (Å²) < 4.78 is 9.96. The second-order valence-corrected chi connectivity index (χ2v) is 5.65. The largest absolute Gasteiger partial charge is 0.449 e. The lowest BCUT2D eigenvalue weighted by atomic mass is 10.2. The second kappa shape index (κ2) is 6.93. The van der Waals surface area contributed by atoms with E-state index in [1.807, 2.05) is 0 Å². The summed E-state index contributed by atoms with van der Waals surface area (Å²) in [6, 6.07) is 5.97. The number of hydrogen-bond acceptors (Lipinski definition) is 5. The van der Waals surface area contributed by atoms with Crippen LogP contribution in [-0.2, 0) is 14.3 Å². The molecular formula is C15H20N2O5. The first-order valence-electron chi connectivity index (χ1n) is 6.69. The van der Waals surface area contributed by atoms with Crippen molar-refractivity contribution in [3.63, 3.8) is 0 Å². The molecule has 0 aromatic heterocycles. The summed E-state index contributed by atoms with van der Waals surface area (Å²) in [5, 5.41) is 2.54. The zero-order valence-electron chi connectivity index (χ0n) is 13.0. The molecule has 0 heterocycles. The van der Waals surface area contributed by atoms with Gasteiger partial charge in [-0.2, -0.15) is 0 Å². The zero-order chi connectivity index (χ0) is 16.9. The highest BCUT2D eigenvalue weighted by Crippen LogP contribution is 2.14. The van der Waals surface area contributed by atoms with Gasteiger partial charge in [-0.15, -0.1) is 0 Å². The molecule has 0 spiro atoms. The number of ether oxygens (including phenoxy) is 2. The third-order valence-electron chi connectivity index (χ3n) is 2.45. The van der Waals surface area contributed by atoms with E-state index < -0.39 is 29.7 Å². The number of benzene rings is 1. The van der Waals surface area contributed by atoms with E-state index in [4.69, 9.17) is 15.2 Å².